The Bertz CT molecular complexity index is 869. The van der Waals surface area contributed by atoms with Crippen molar-refractivity contribution in [3.05, 3.63) is 102 Å². The third-order valence-electron chi connectivity index (χ3n) is 5.21. The zero-order chi connectivity index (χ0) is 17.3. The van der Waals surface area contributed by atoms with Crippen LogP contribution in [0.3, 0.4) is 0 Å². The minimum absolute atomic E-state index is 0.190. The lowest BCUT2D eigenvalue weighted by Gasteiger charge is -2.18. The molecule has 0 heterocycles. The first-order chi connectivity index (χ1) is 12.3. The van der Waals surface area contributed by atoms with E-state index >= 15 is 0 Å². The molecular formula is C23H20O2. The van der Waals surface area contributed by atoms with Crippen molar-refractivity contribution in [1.82, 2.24) is 0 Å². The van der Waals surface area contributed by atoms with E-state index in [0.717, 1.165) is 23.3 Å². The maximum Gasteiger partial charge on any atom is 0.174 e. The van der Waals surface area contributed by atoms with Crippen LogP contribution in [-0.4, -0.2) is 12.9 Å². The van der Waals surface area contributed by atoms with Crippen LogP contribution < -0.4 is 4.74 Å². The molecule has 0 radical (unpaired) electrons. The highest BCUT2D eigenvalue weighted by Crippen LogP contribution is 2.62. The molecule has 2 nitrogen and oxygen atoms in total. The zero-order valence-electron chi connectivity index (χ0n) is 14.2. The molecule has 3 aromatic rings. The fourth-order valence-corrected chi connectivity index (χ4v) is 3.79. The quantitative estimate of drug-likeness (QED) is 0.616. The van der Waals surface area contributed by atoms with Crippen molar-refractivity contribution in [1.29, 1.82) is 0 Å². The molecule has 4 rings (SSSR count). The van der Waals surface area contributed by atoms with Crippen LogP contribution in [-0.2, 0) is 5.41 Å². The largest absolute Gasteiger partial charge is 0.497 e. The van der Waals surface area contributed by atoms with Gasteiger partial charge in [-0.05, 0) is 41.8 Å². The number of benzene rings is 3. The highest BCUT2D eigenvalue weighted by atomic mass is 16.5. The first kappa shape index (κ1) is 15.6. The first-order valence-corrected chi connectivity index (χ1v) is 8.55. The smallest absolute Gasteiger partial charge is 0.174 e. The van der Waals surface area contributed by atoms with E-state index in [4.69, 9.17) is 4.74 Å². The molecule has 1 saturated carbocycles. The number of carbonyl (C=O) groups excluding carboxylic acids is 1. The molecule has 2 atom stereocenters. The molecule has 1 aliphatic rings. The molecule has 1 aliphatic carbocycles. The van der Waals surface area contributed by atoms with E-state index in [1.807, 2.05) is 60.7 Å². The van der Waals surface area contributed by atoms with Crippen LogP contribution in [0.2, 0.25) is 0 Å². The molecule has 124 valence electrons. The lowest BCUT2D eigenvalue weighted by atomic mass is 9.84. The van der Waals surface area contributed by atoms with Gasteiger partial charge in [0.1, 0.15) is 5.75 Å². The van der Waals surface area contributed by atoms with Gasteiger partial charge in [0.05, 0.1) is 12.5 Å². The van der Waals surface area contributed by atoms with Gasteiger partial charge in [-0.15, -0.1) is 0 Å². The highest BCUT2D eigenvalue weighted by molar-refractivity contribution is 6.07. The van der Waals surface area contributed by atoms with E-state index in [0.29, 0.717) is 0 Å². The number of ether oxygens (including phenoxy) is 1. The van der Waals surface area contributed by atoms with Gasteiger partial charge in [0, 0.05) is 11.5 Å². The lowest BCUT2D eigenvalue weighted by Crippen LogP contribution is -2.23. The highest BCUT2D eigenvalue weighted by Gasteiger charge is 2.61. The molecule has 0 aliphatic heterocycles. The predicted molar refractivity (Wildman–Crippen MR) is 99.2 cm³/mol. The topological polar surface area (TPSA) is 26.3 Å². The minimum atomic E-state index is -0.461. The Morgan fingerprint density at radius 2 is 1.48 bits per heavy atom. The molecule has 0 unspecified atom stereocenters. The van der Waals surface area contributed by atoms with Crippen molar-refractivity contribution in [2.24, 2.45) is 0 Å². The normalized spacial score (nSPS) is 21.6. The first-order valence-electron chi connectivity index (χ1n) is 8.55. The second-order valence-corrected chi connectivity index (χ2v) is 6.56. The molecule has 2 heteroatoms. The summed E-state index contributed by atoms with van der Waals surface area (Å²) in [6.07, 6.45) is 0.853. The number of ketones is 1. The summed E-state index contributed by atoms with van der Waals surface area (Å²) in [6.45, 7) is 0. The van der Waals surface area contributed by atoms with E-state index in [1.165, 1.54) is 5.56 Å². The number of methoxy groups -OCH3 is 1. The number of Topliss-reactive ketones (excluding diaryl/α,β-unsaturated/α-hetero) is 1. The van der Waals surface area contributed by atoms with Crippen molar-refractivity contribution in [2.45, 2.75) is 17.8 Å². The van der Waals surface area contributed by atoms with Crippen LogP contribution in [0, 0.1) is 0 Å². The van der Waals surface area contributed by atoms with Gasteiger partial charge in [0.15, 0.2) is 5.78 Å². The molecule has 0 aromatic heterocycles. The van der Waals surface area contributed by atoms with Gasteiger partial charge in [-0.2, -0.15) is 0 Å². The molecule has 0 bridgehead atoms. The molecule has 0 spiro atoms. The SMILES string of the molecule is COc1ccc(C(=O)[C@]2(c3ccccc3)C[C@H]2c2ccccc2)cc1. The molecular weight excluding hydrogens is 308 g/mol. The van der Waals surface area contributed by atoms with Gasteiger partial charge in [-0.3, -0.25) is 4.79 Å². The molecule has 0 N–H and O–H groups in total. The predicted octanol–water partition coefficient (Wildman–Crippen LogP) is 5.00. The number of hydrogen-bond acceptors (Lipinski definition) is 2. The Morgan fingerprint density at radius 3 is 2.08 bits per heavy atom. The third-order valence-corrected chi connectivity index (χ3v) is 5.21. The van der Waals surface area contributed by atoms with E-state index < -0.39 is 5.41 Å². The van der Waals surface area contributed by atoms with Crippen molar-refractivity contribution in [3.8, 4) is 5.75 Å². The summed E-state index contributed by atoms with van der Waals surface area (Å²) < 4.78 is 5.21. The van der Waals surface area contributed by atoms with Gasteiger partial charge >= 0.3 is 0 Å². The molecule has 0 amide bonds. The fourth-order valence-electron chi connectivity index (χ4n) is 3.79. The second kappa shape index (κ2) is 6.21. The summed E-state index contributed by atoms with van der Waals surface area (Å²) in [4.78, 5) is 13.5. The summed E-state index contributed by atoms with van der Waals surface area (Å²) >= 11 is 0. The average Bonchev–Trinajstić information content (AvgIpc) is 3.46. The average molecular weight is 328 g/mol. The Labute approximate surface area is 148 Å². The van der Waals surface area contributed by atoms with Gasteiger partial charge in [0.2, 0.25) is 0 Å². The standard InChI is InChI=1S/C23H20O2/c1-25-20-14-12-18(13-15-20)22(24)23(19-10-6-3-7-11-19)16-21(23)17-8-4-2-5-9-17/h2-15,21H,16H2,1H3/t21-,23-/m0/s1. The van der Waals surface area contributed by atoms with Crippen LogP contribution in [0.5, 0.6) is 5.75 Å². The van der Waals surface area contributed by atoms with Crippen LogP contribution in [0.1, 0.15) is 33.8 Å². The Hall–Kier alpha value is -2.87. The Morgan fingerprint density at radius 1 is 0.880 bits per heavy atom. The van der Waals surface area contributed by atoms with Crippen molar-refractivity contribution < 1.29 is 9.53 Å². The summed E-state index contributed by atoms with van der Waals surface area (Å²) in [6, 6.07) is 28.0. The molecule has 0 saturated heterocycles. The van der Waals surface area contributed by atoms with Crippen LogP contribution >= 0.6 is 0 Å². The third kappa shape index (κ3) is 2.64. The van der Waals surface area contributed by atoms with Gasteiger partial charge < -0.3 is 4.74 Å². The monoisotopic (exact) mass is 328 g/mol. The summed E-state index contributed by atoms with van der Waals surface area (Å²) in [5.41, 5.74) is 2.61. The summed E-state index contributed by atoms with van der Waals surface area (Å²) in [7, 11) is 1.63. The molecule has 3 aromatic carbocycles. The number of carbonyl (C=O) groups is 1. The van der Waals surface area contributed by atoms with Crippen molar-refractivity contribution >= 4 is 5.78 Å². The fraction of sp³-hybridized carbons (Fsp3) is 0.174. The van der Waals surface area contributed by atoms with Gasteiger partial charge in [-0.1, -0.05) is 60.7 Å². The maximum absolute atomic E-state index is 13.5. The second-order valence-electron chi connectivity index (χ2n) is 6.56. The van der Waals surface area contributed by atoms with E-state index in [9.17, 15) is 4.79 Å². The van der Waals surface area contributed by atoms with Crippen LogP contribution in [0.4, 0.5) is 0 Å². The zero-order valence-corrected chi connectivity index (χ0v) is 14.2. The molecule has 1 fully saturated rings. The van der Waals surface area contributed by atoms with E-state index in [1.54, 1.807) is 7.11 Å². The maximum atomic E-state index is 13.5. The van der Waals surface area contributed by atoms with Crippen molar-refractivity contribution in [3.63, 3.8) is 0 Å². The van der Waals surface area contributed by atoms with Crippen LogP contribution in [0.25, 0.3) is 0 Å². The summed E-state index contributed by atoms with van der Waals surface area (Å²) in [5.74, 6) is 1.18. The van der Waals surface area contributed by atoms with Crippen LogP contribution in [0.15, 0.2) is 84.9 Å². The lowest BCUT2D eigenvalue weighted by molar-refractivity contribution is 0.0943. The van der Waals surface area contributed by atoms with Crippen molar-refractivity contribution in [2.75, 3.05) is 7.11 Å². The Kier molecular flexibility index (Phi) is 3.89. The summed E-state index contributed by atoms with van der Waals surface area (Å²) in [5, 5.41) is 0. The Balaban J connectivity index is 1.76. The number of rotatable bonds is 5. The van der Waals surface area contributed by atoms with Gasteiger partial charge in [0.25, 0.3) is 0 Å². The molecule has 25 heavy (non-hydrogen) atoms. The van der Waals surface area contributed by atoms with Gasteiger partial charge in [-0.25, -0.2) is 0 Å². The number of hydrogen-bond donors (Lipinski definition) is 0. The van der Waals surface area contributed by atoms with E-state index in [-0.39, 0.29) is 11.7 Å². The minimum Gasteiger partial charge on any atom is -0.497 e. The van der Waals surface area contributed by atoms with E-state index in [2.05, 4.69) is 24.3 Å².